The SMILES string of the molecule is CN(CCCOc1ccccc1)C(=O)c1nn[nH]n1. The van der Waals surface area contributed by atoms with Gasteiger partial charge in [-0.15, -0.1) is 10.2 Å². The van der Waals surface area contributed by atoms with Gasteiger partial charge >= 0.3 is 0 Å². The van der Waals surface area contributed by atoms with Crippen molar-refractivity contribution in [1.82, 2.24) is 25.5 Å². The number of benzene rings is 1. The maximum atomic E-state index is 11.8. The highest BCUT2D eigenvalue weighted by Crippen LogP contribution is 2.08. The highest BCUT2D eigenvalue weighted by molar-refractivity contribution is 5.89. The Labute approximate surface area is 110 Å². The maximum absolute atomic E-state index is 11.8. The molecule has 1 N–H and O–H groups in total. The number of carbonyl (C=O) groups excluding carboxylic acids is 1. The molecule has 0 saturated carbocycles. The highest BCUT2D eigenvalue weighted by atomic mass is 16.5. The van der Waals surface area contributed by atoms with E-state index in [1.807, 2.05) is 30.3 Å². The predicted octanol–water partition coefficient (Wildman–Crippen LogP) is 0.741. The number of para-hydroxylation sites is 1. The largest absolute Gasteiger partial charge is 0.494 e. The van der Waals surface area contributed by atoms with Crippen molar-refractivity contribution in [3.05, 3.63) is 36.2 Å². The van der Waals surface area contributed by atoms with E-state index >= 15 is 0 Å². The fraction of sp³-hybridized carbons (Fsp3) is 0.333. The fourth-order valence-electron chi connectivity index (χ4n) is 1.53. The molecule has 0 aliphatic carbocycles. The molecule has 1 aromatic heterocycles. The number of carbonyl (C=O) groups is 1. The predicted molar refractivity (Wildman–Crippen MR) is 67.7 cm³/mol. The zero-order valence-corrected chi connectivity index (χ0v) is 10.6. The van der Waals surface area contributed by atoms with Crippen molar-refractivity contribution in [2.24, 2.45) is 0 Å². The second-order valence-corrected chi connectivity index (χ2v) is 3.98. The van der Waals surface area contributed by atoms with Gasteiger partial charge in [0.05, 0.1) is 6.61 Å². The van der Waals surface area contributed by atoms with E-state index in [2.05, 4.69) is 20.6 Å². The Morgan fingerprint density at radius 1 is 1.37 bits per heavy atom. The number of hydrogen-bond acceptors (Lipinski definition) is 5. The minimum Gasteiger partial charge on any atom is -0.494 e. The zero-order valence-electron chi connectivity index (χ0n) is 10.6. The quantitative estimate of drug-likeness (QED) is 0.775. The molecular formula is C12H15N5O2. The molecule has 1 aromatic carbocycles. The van der Waals surface area contributed by atoms with E-state index in [9.17, 15) is 4.79 Å². The van der Waals surface area contributed by atoms with Crippen LogP contribution in [0.5, 0.6) is 5.75 Å². The second-order valence-electron chi connectivity index (χ2n) is 3.98. The van der Waals surface area contributed by atoms with Crippen LogP contribution in [-0.2, 0) is 0 Å². The van der Waals surface area contributed by atoms with Gasteiger partial charge in [0.2, 0.25) is 0 Å². The van der Waals surface area contributed by atoms with Gasteiger partial charge in [0.15, 0.2) is 0 Å². The Morgan fingerprint density at radius 2 is 2.16 bits per heavy atom. The summed E-state index contributed by atoms with van der Waals surface area (Å²) in [7, 11) is 1.70. The summed E-state index contributed by atoms with van der Waals surface area (Å²) in [5.74, 6) is 0.648. The minimum atomic E-state index is -0.256. The number of amides is 1. The number of tetrazole rings is 1. The lowest BCUT2D eigenvalue weighted by Crippen LogP contribution is -2.29. The third kappa shape index (κ3) is 3.77. The fourth-order valence-corrected chi connectivity index (χ4v) is 1.53. The van der Waals surface area contributed by atoms with Crippen LogP contribution in [0.3, 0.4) is 0 Å². The van der Waals surface area contributed by atoms with Crippen molar-refractivity contribution < 1.29 is 9.53 Å². The summed E-state index contributed by atoms with van der Waals surface area (Å²) in [4.78, 5) is 13.3. The average molecular weight is 261 g/mol. The maximum Gasteiger partial charge on any atom is 0.295 e. The monoisotopic (exact) mass is 261 g/mol. The third-order valence-corrected chi connectivity index (χ3v) is 2.53. The Hall–Kier alpha value is -2.44. The lowest BCUT2D eigenvalue weighted by Gasteiger charge is -2.15. The molecule has 1 amide bonds. The second kappa shape index (κ2) is 6.48. The van der Waals surface area contributed by atoms with Gasteiger partial charge in [-0.1, -0.05) is 18.2 Å². The number of aromatic amines is 1. The zero-order chi connectivity index (χ0) is 13.5. The number of H-pyrrole nitrogens is 1. The van der Waals surface area contributed by atoms with Crippen LogP contribution in [0.1, 0.15) is 17.0 Å². The molecule has 0 radical (unpaired) electrons. The van der Waals surface area contributed by atoms with Gasteiger partial charge < -0.3 is 9.64 Å². The van der Waals surface area contributed by atoms with Crippen molar-refractivity contribution in [2.75, 3.05) is 20.2 Å². The lowest BCUT2D eigenvalue weighted by molar-refractivity contribution is 0.0776. The number of hydrogen-bond donors (Lipinski definition) is 1. The first-order valence-electron chi connectivity index (χ1n) is 5.94. The van der Waals surface area contributed by atoms with Gasteiger partial charge in [-0.3, -0.25) is 4.79 Å². The molecule has 1 heterocycles. The van der Waals surface area contributed by atoms with Crippen molar-refractivity contribution in [3.63, 3.8) is 0 Å². The Balaban J connectivity index is 1.70. The molecule has 0 aliphatic heterocycles. The smallest absolute Gasteiger partial charge is 0.295 e. The van der Waals surface area contributed by atoms with Gasteiger partial charge in [-0.2, -0.15) is 5.21 Å². The molecule has 7 nitrogen and oxygen atoms in total. The van der Waals surface area contributed by atoms with E-state index in [1.165, 1.54) is 0 Å². The summed E-state index contributed by atoms with van der Waals surface area (Å²) in [5, 5.41) is 12.9. The molecule has 100 valence electrons. The molecule has 0 bridgehead atoms. The Kier molecular flexibility index (Phi) is 4.44. The summed E-state index contributed by atoms with van der Waals surface area (Å²) in [6.45, 7) is 1.12. The van der Waals surface area contributed by atoms with Crippen LogP contribution >= 0.6 is 0 Å². The summed E-state index contributed by atoms with van der Waals surface area (Å²) in [6, 6.07) is 9.56. The first-order valence-corrected chi connectivity index (χ1v) is 5.94. The molecule has 0 fully saturated rings. The molecule has 7 heteroatoms. The summed E-state index contributed by atoms with van der Waals surface area (Å²) in [6.07, 6.45) is 0.731. The molecule has 2 aromatic rings. The van der Waals surface area contributed by atoms with Gasteiger partial charge in [0, 0.05) is 13.6 Å². The minimum absolute atomic E-state index is 0.0754. The Bertz CT molecular complexity index is 500. The molecule has 0 atom stereocenters. The van der Waals surface area contributed by atoms with Crippen molar-refractivity contribution in [3.8, 4) is 5.75 Å². The Morgan fingerprint density at radius 3 is 2.84 bits per heavy atom. The first-order chi connectivity index (χ1) is 9.27. The molecule has 0 saturated heterocycles. The summed E-state index contributed by atoms with van der Waals surface area (Å²) >= 11 is 0. The number of nitrogens with zero attached hydrogens (tertiary/aromatic N) is 4. The highest BCUT2D eigenvalue weighted by Gasteiger charge is 2.15. The van der Waals surface area contributed by atoms with Gasteiger partial charge in [-0.25, -0.2) is 0 Å². The van der Waals surface area contributed by atoms with Crippen molar-refractivity contribution >= 4 is 5.91 Å². The number of rotatable bonds is 6. The molecule has 0 unspecified atom stereocenters. The first kappa shape index (κ1) is 13.0. The van der Waals surface area contributed by atoms with Gasteiger partial charge in [0.1, 0.15) is 5.75 Å². The molecule has 0 aliphatic rings. The average Bonchev–Trinajstić information content (AvgIpc) is 2.98. The van der Waals surface area contributed by atoms with Crippen LogP contribution < -0.4 is 4.74 Å². The van der Waals surface area contributed by atoms with Crippen LogP contribution in [0.25, 0.3) is 0 Å². The van der Waals surface area contributed by atoms with Crippen LogP contribution in [0, 0.1) is 0 Å². The summed E-state index contributed by atoms with van der Waals surface area (Å²) in [5.41, 5.74) is 0. The normalized spacial score (nSPS) is 10.2. The van der Waals surface area contributed by atoms with E-state index in [4.69, 9.17) is 4.74 Å². The van der Waals surface area contributed by atoms with E-state index in [0.717, 1.165) is 12.2 Å². The van der Waals surface area contributed by atoms with Crippen LogP contribution in [0.2, 0.25) is 0 Å². The van der Waals surface area contributed by atoms with Crippen molar-refractivity contribution in [2.45, 2.75) is 6.42 Å². The molecule has 2 rings (SSSR count). The number of aromatic nitrogens is 4. The van der Waals surface area contributed by atoms with Crippen LogP contribution in [0.15, 0.2) is 30.3 Å². The molecule has 19 heavy (non-hydrogen) atoms. The standard InChI is InChI=1S/C12H15N5O2/c1-17(12(18)11-13-15-16-14-11)8-5-9-19-10-6-3-2-4-7-10/h2-4,6-7H,5,8-9H2,1H3,(H,13,14,15,16). The van der Waals surface area contributed by atoms with E-state index in [-0.39, 0.29) is 11.7 Å². The van der Waals surface area contributed by atoms with Crippen molar-refractivity contribution in [1.29, 1.82) is 0 Å². The van der Waals surface area contributed by atoms with Crippen LogP contribution in [-0.4, -0.2) is 51.6 Å². The number of nitrogens with one attached hydrogen (secondary N) is 1. The lowest BCUT2D eigenvalue weighted by atomic mass is 10.3. The number of ether oxygens (including phenoxy) is 1. The molecule has 0 spiro atoms. The topological polar surface area (TPSA) is 84.0 Å². The van der Waals surface area contributed by atoms with E-state index in [1.54, 1.807) is 11.9 Å². The van der Waals surface area contributed by atoms with Gasteiger partial charge in [-0.05, 0) is 23.8 Å². The van der Waals surface area contributed by atoms with E-state index in [0.29, 0.717) is 13.2 Å². The summed E-state index contributed by atoms with van der Waals surface area (Å²) < 4.78 is 5.54. The van der Waals surface area contributed by atoms with E-state index < -0.39 is 0 Å². The van der Waals surface area contributed by atoms with Crippen LogP contribution in [0.4, 0.5) is 0 Å². The molecular weight excluding hydrogens is 246 g/mol. The third-order valence-electron chi connectivity index (χ3n) is 2.53. The van der Waals surface area contributed by atoms with Gasteiger partial charge in [0.25, 0.3) is 11.7 Å².